The van der Waals surface area contributed by atoms with Gasteiger partial charge in [-0.05, 0) is 31.0 Å². The number of para-hydroxylation sites is 1. The highest BCUT2D eigenvalue weighted by molar-refractivity contribution is 5.46. The van der Waals surface area contributed by atoms with Gasteiger partial charge in [0.1, 0.15) is 6.33 Å². The zero-order chi connectivity index (χ0) is 13.6. The van der Waals surface area contributed by atoms with Crippen molar-refractivity contribution in [2.75, 3.05) is 24.6 Å². The van der Waals surface area contributed by atoms with Crippen molar-refractivity contribution in [1.82, 2.24) is 9.97 Å². The average molecular weight is 269 g/mol. The summed E-state index contributed by atoms with van der Waals surface area (Å²) < 4.78 is 5.87. The van der Waals surface area contributed by atoms with Crippen molar-refractivity contribution in [3.63, 3.8) is 0 Å². The maximum absolute atomic E-state index is 5.87. The minimum atomic E-state index is 0.277. The SMILES string of the molecule is c1ccc(N2CCO[C@@H](CCc3ccncn3)C2)cc1. The lowest BCUT2D eigenvalue weighted by Gasteiger charge is -2.34. The molecule has 2 aromatic rings. The fourth-order valence-corrected chi connectivity index (χ4v) is 2.54. The molecule has 1 aromatic carbocycles. The predicted octanol–water partition coefficient (Wildman–Crippen LogP) is 2.31. The zero-order valence-electron chi connectivity index (χ0n) is 11.5. The van der Waals surface area contributed by atoms with Crippen LogP contribution in [0.3, 0.4) is 0 Å². The van der Waals surface area contributed by atoms with Gasteiger partial charge in [0.25, 0.3) is 0 Å². The standard InChI is InChI=1S/C16H19N3O/c1-2-4-15(5-3-1)19-10-11-20-16(12-19)7-6-14-8-9-17-13-18-14/h1-5,8-9,13,16H,6-7,10-12H2/t16-/m0/s1. The van der Waals surface area contributed by atoms with Gasteiger partial charge in [-0.1, -0.05) is 18.2 Å². The van der Waals surface area contributed by atoms with Crippen LogP contribution in [0.4, 0.5) is 5.69 Å². The van der Waals surface area contributed by atoms with Gasteiger partial charge in [-0.25, -0.2) is 9.97 Å². The third-order valence-electron chi connectivity index (χ3n) is 3.63. The number of benzene rings is 1. The van der Waals surface area contributed by atoms with Gasteiger partial charge in [-0.15, -0.1) is 0 Å². The molecular formula is C16H19N3O. The van der Waals surface area contributed by atoms with Crippen molar-refractivity contribution < 1.29 is 4.74 Å². The first-order chi connectivity index (χ1) is 9.92. The number of nitrogens with zero attached hydrogens (tertiary/aromatic N) is 3. The number of morpholine rings is 1. The van der Waals surface area contributed by atoms with E-state index in [-0.39, 0.29) is 6.10 Å². The van der Waals surface area contributed by atoms with Crippen molar-refractivity contribution in [3.05, 3.63) is 54.6 Å². The Morgan fingerprint density at radius 3 is 2.90 bits per heavy atom. The summed E-state index contributed by atoms with van der Waals surface area (Å²) in [7, 11) is 0. The van der Waals surface area contributed by atoms with Crippen LogP contribution in [0, 0.1) is 0 Å². The lowest BCUT2D eigenvalue weighted by Crippen LogP contribution is -2.42. The number of ether oxygens (including phenoxy) is 1. The van der Waals surface area contributed by atoms with Gasteiger partial charge in [0.15, 0.2) is 0 Å². The maximum Gasteiger partial charge on any atom is 0.115 e. The molecule has 1 aromatic heterocycles. The van der Waals surface area contributed by atoms with Crippen LogP contribution in [0.25, 0.3) is 0 Å². The topological polar surface area (TPSA) is 38.2 Å². The molecule has 0 spiro atoms. The smallest absolute Gasteiger partial charge is 0.115 e. The molecule has 0 N–H and O–H groups in total. The first-order valence-electron chi connectivity index (χ1n) is 7.08. The number of hydrogen-bond acceptors (Lipinski definition) is 4. The molecule has 1 aliphatic heterocycles. The lowest BCUT2D eigenvalue weighted by atomic mass is 10.1. The molecule has 0 bridgehead atoms. The monoisotopic (exact) mass is 269 g/mol. The zero-order valence-corrected chi connectivity index (χ0v) is 11.5. The number of aromatic nitrogens is 2. The van der Waals surface area contributed by atoms with Gasteiger partial charge in [-0.2, -0.15) is 0 Å². The second kappa shape index (κ2) is 6.48. The first kappa shape index (κ1) is 13.1. The van der Waals surface area contributed by atoms with Crippen LogP contribution in [0.15, 0.2) is 48.9 Å². The van der Waals surface area contributed by atoms with Crippen molar-refractivity contribution in [1.29, 1.82) is 0 Å². The van der Waals surface area contributed by atoms with Crippen molar-refractivity contribution in [2.24, 2.45) is 0 Å². The minimum Gasteiger partial charge on any atom is -0.375 e. The van der Waals surface area contributed by atoms with E-state index in [0.29, 0.717) is 0 Å². The van der Waals surface area contributed by atoms with E-state index in [2.05, 4.69) is 45.2 Å². The highest BCUT2D eigenvalue weighted by atomic mass is 16.5. The van der Waals surface area contributed by atoms with Gasteiger partial charge in [0.2, 0.25) is 0 Å². The van der Waals surface area contributed by atoms with Crippen molar-refractivity contribution in [2.45, 2.75) is 18.9 Å². The van der Waals surface area contributed by atoms with Crippen LogP contribution in [0.1, 0.15) is 12.1 Å². The number of hydrogen-bond donors (Lipinski definition) is 0. The Hall–Kier alpha value is -1.94. The largest absolute Gasteiger partial charge is 0.375 e. The van der Waals surface area contributed by atoms with Gasteiger partial charge < -0.3 is 9.64 Å². The summed E-state index contributed by atoms with van der Waals surface area (Å²) in [5, 5.41) is 0. The summed E-state index contributed by atoms with van der Waals surface area (Å²) in [5.74, 6) is 0. The predicted molar refractivity (Wildman–Crippen MR) is 78.7 cm³/mol. The molecule has 1 aliphatic rings. The quantitative estimate of drug-likeness (QED) is 0.853. The maximum atomic E-state index is 5.87. The number of rotatable bonds is 4. The van der Waals surface area contributed by atoms with Crippen LogP contribution < -0.4 is 4.90 Å². The summed E-state index contributed by atoms with van der Waals surface area (Å²) in [4.78, 5) is 10.6. The van der Waals surface area contributed by atoms with E-state index in [1.54, 1.807) is 12.5 Å². The van der Waals surface area contributed by atoms with Crippen LogP contribution in [-0.2, 0) is 11.2 Å². The summed E-state index contributed by atoms with van der Waals surface area (Å²) in [5.41, 5.74) is 2.36. The molecule has 1 saturated heterocycles. The molecule has 4 heteroatoms. The number of anilines is 1. The van der Waals surface area contributed by atoms with E-state index < -0.39 is 0 Å². The molecule has 0 saturated carbocycles. The molecule has 0 unspecified atom stereocenters. The molecule has 1 atom stereocenters. The van der Waals surface area contributed by atoms with Crippen LogP contribution >= 0.6 is 0 Å². The van der Waals surface area contributed by atoms with E-state index in [1.807, 2.05) is 6.07 Å². The van der Waals surface area contributed by atoms with Crippen molar-refractivity contribution in [3.8, 4) is 0 Å². The van der Waals surface area contributed by atoms with Gasteiger partial charge >= 0.3 is 0 Å². The molecule has 20 heavy (non-hydrogen) atoms. The highest BCUT2D eigenvalue weighted by Gasteiger charge is 2.20. The highest BCUT2D eigenvalue weighted by Crippen LogP contribution is 2.19. The molecule has 2 heterocycles. The Bertz CT molecular complexity index is 518. The fraction of sp³-hybridized carbons (Fsp3) is 0.375. The van der Waals surface area contributed by atoms with Gasteiger partial charge in [0, 0.05) is 30.7 Å². The van der Waals surface area contributed by atoms with E-state index in [9.17, 15) is 0 Å². The van der Waals surface area contributed by atoms with Crippen molar-refractivity contribution >= 4 is 5.69 Å². The molecule has 4 nitrogen and oxygen atoms in total. The summed E-state index contributed by atoms with van der Waals surface area (Å²) in [6, 6.07) is 12.5. The molecule has 1 fully saturated rings. The van der Waals surface area contributed by atoms with Crippen LogP contribution in [-0.4, -0.2) is 35.8 Å². The second-order valence-corrected chi connectivity index (χ2v) is 5.01. The summed E-state index contributed by atoms with van der Waals surface area (Å²) in [6.45, 7) is 2.71. The third kappa shape index (κ3) is 3.33. The first-order valence-corrected chi connectivity index (χ1v) is 7.08. The van der Waals surface area contributed by atoms with E-state index in [0.717, 1.165) is 38.2 Å². The fourth-order valence-electron chi connectivity index (χ4n) is 2.54. The molecular weight excluding hydrogens is 250 g/mol. The molecule has 3 rings (SSSR count). The Morgan fingerprint density at radius 2 is 2.10 bits per heavy atom. The Morgan fingerprint density at radius 1 is 1.20 bits per heavy atom. The molecule has 0 amide bonds. The summed E-state index contributed by atoms with van der Waals surface area (Å²) in [6.07, 6.45) is 5.61. The van der Waals surface area contributed by atoms with E-state index in [4.69, 9.17) is 4.74 Å². The van der Waals surface area contributed by atoms with E-state index >= 15 is 0 Å². The Kier molecular flexibility index (Phi) is 4.23. The summed E-state index contributed by atoms with van der Waals surface area (Å²) >= 11 is 0. The van der Waals surface area contributed by atoms with E-state index in [1.165, 1.54) is 5.69 Å². The van der Waals surface area contributed by atoms with Crippen LogP contribution in [0.2, 0.25) is 0 Å². The lowest BCUT2D eigenvalue weighted by molar-refractivity contribution is 0.0353. The van der Waals surface area contributed by atoms with Crippen LogP contribution in [0.5, 0.6) is 0 Å². The number of aryl methyl sites for hydroxylation is 1. The second-order valence-electron chi connectivity index (χ2n) is 5.01. The molecule has 104 valence electrons. The Labute approximate surface area is 119 Å². The molecule has 0 aliphatic carbocycles. The third-order valence-corrected chi connectivity index (χ3v) is 3.63. The average Bonchev–Trinajstić information content (AvgIpc) is 2.55. The normalized spacial score (nSPS) is 19.0. The minimum absolute atomic E-state index is 0.277. The van der Waals surface area contributed by atoms with Gasteiger partial charge in [0.05, 0.1) is 12.7 Å². The Balaban J connectivity index is 1.56. The van der Waals surface area contributed by atoms with Gasteiger partial charge in [-0.3, -0.25) is 0 Å². The molecule has 0 radical (unpaired) electrons.